The van der Waals surface area contributed by atoms with Gasteiger partial charge in [0.2, 0.25) is 0 Å². The molecule has 4 rings (SSSR count). The molecule has 0 amide bonds. The molecule has 2 aromatic heterocycles. The quantitative estimate of drug-likeness (QED) is 0.294. The number of rotatable bonds is 10. The van der Waals surface area contributed by atoms with E-state index in [9.17, 15) is 0 Å². The number of anilines is 1. The molecule has 0 aliphatic carbocycles. The first-order valence-electron chi connectivity index (χ1n) is 14.1. The minimum atomic E-state index is -0.0196. The van der Waals surface area contributed by atoms with Gasteiger partial charge in [-0.25, -0.2) is 0 Å². The Kier molecular flexibility index (Phi) is 8.79. The van der Waals surface area contributed by atoms with E-state index in [0.717, 1.165) is 56.0 Å². The molecular formula is C33H46N4O. The molecule has 0 bridgehead atoms. The van der Waals surface area contributed by atoms with Crippen LogP contribution in [0.15, 0.2) is 49.2 Å². The first kappa shape index (κ1) is 28.1. The van der Waals surface area contributed by atoms with Crippen LogP contribution in [-0.2, 0) is 17.7 Å². The number of ether oxygens (including phenoxy) is 1. The molecule has 5 nitrogen and oxygen atoms in total. The molecule has 1 saturated heterocycles. The zero-order valence-corrected chi connectivity index (χ0v) is 24.5. The maximum absolute atomic E-state index is 5.67. The summed E-state index contributed by atoms with van der Waals surface area (Å²) in [4.78, 5) is 7.56. The average Bonchev–Trinajstić information content (AvgIpc) is 3.20. The Labute approximate surface area is 229 Å². The highest BCUT2D eigenvalue weighted by molar-refractivity contribution is 5.95. The Balaban J connectivity index is 2.03. The summed E-state index contributed by atoms with van der Waals surface area (Å²) in [7, 11) is 1.80. The van der Waals surface area contributed by atoms with Crippen molar-refractivity contribution < 1.29 is 4.74 Å². The van der Waals surface area contributed by atoms with Crippen LogP contribution in [0.3, 0.4) is 0 Å². The van der Waals surface area contributed by atoms with Crippen molar-refractivity contribution in [3.05, 3.63) is 66.0 Å². The second-order valence-corrected chi connectivity index (χ2v) is 11.6. The van der Waals surface area contributed by atoms with Crippen LogP contribution in [0.4, 0.5) is 5.69 Å². The minimum absolute atomic E-state index is 0.0196. The van der Waals surface area contributed by atoms with Crippen LogP contribution in [0.2, 0.25) is 0 Å². The molecule has 1 fully saturated rings. The van der Waals surface area contributed by atoms with Crippen molar-refractivity contribution >= 4 is 22.2 Å². The van der Waals surface area contributed by atoms with E-state index >= 15 is 0 Å². The van der Waals surface area contributed by atoms with E-state index < -0.39 is 0 Å². The number of pyridine rings is 1. The van der Waals surface area contributed by atoms with Crippen molar-refractivity contribution in [2.45, 2.75) is 60.4 Å². The predicted molar refractivity (Wildman–Crippen MR) is 163 cm³/mol. The number of allylic oxidation sites excluding steroid dienone is 3. The van der Waals surface area contributed by atoms with Gasteiger partial charge in [0.05, 0.1) is 29.9 Å². The fourth-order valence-electron chi connectivity index (χ4n) is 5.87. The van der Waals surface area contributed by atoms with Gasteiger partial charge in [0.15, 0.2) is 0 Å². The first-order chi connectivity index (χ1) is 18.2. The summed E-state index contributed by atoms with van der Waals surface area (Å²) >= 11 is 0. The van der Waals surface area contributed by atoms with E-state index in [1.807, 2.05) is 6.92 Å². The number of methoxy groups -OCH3 is 1. The third kappa shape index (κ3) is 5.74. The molecule has 3 aromatic rings. The molecule has 0 unspecified atom stereocenters. The van der Waals surface area contributed by atoms with E-state index in [1.165, 1.54) is 33.4 Å². The Morgan fingerprint density at radius 1 is 1.21 bits per heavy atom. The molecule has 204 valence electrons. The Morgan fingerprint density at radius 2 is 1.95 bits per heavy atom. The Hall–Kier alpha value is -2.89. The largest absolute Gasteiger partial charge is 0.384 e. The molecule has 0 radical (unpaired) electrons. The van der Waals surface area contributed by atoms with Crippen LogP contribution in [0.1, 0.15) is 64.3 Å². The van der Waals surface area contributed by atoms with Crippen LogP contribution in [0.25, 0.3) is 27.7 Å². The lowest BCUT2D eigenvalue weighted by Crippen LogP contribution is -2.43. The van der Waals surface area contributed by atoms with Gasteiger partial charge in [-0.1, -0.05) is 52.5 Å². The molecule has 1 N–H and O–H groups in total. The van der Waals surface area contributed by atoms with Crippen molar-refractivity contribution in [1.29, 1.82) is 0 Å². The first-order valence-corrected chi connectivity index (χ1v) is 14.1. The minimum Gasteiger partial charge on any atom is -0.384 e. The van der Waals surface area contributed by atoms with Gasteiger partial charge in [-0.15, -0.1) is 0 Å². The van der Waals surface area contributed by atoms with Crippen molar-refractivity contribution in [1.82, 2.24) is 14.9 Å². The SMILES string of the molecule is C=C(/C=C/C)c1ccc2c(c1)c(CC(C)(C)COC)c(-c1cc(N3CCNCC3)cnc1C(C)C)n2CC. The summed E-state index contributed by atoms with van der Waals surface area (Å²) < 4.78 is 8.17. The third-order valence-corrected chi connectivity index (χ3v) is 7.60. The summed E-state index contributed by atoms with van der Waals surface area (Å²) in [6.45, 7) is 23.3. The summed E-state index contributed by atoms with van der Waals surface area (Å²) in [5.41, 5.74) is 9.75. The molecule has 1 aromatic carbocycles. The topological polar surface area (TPSA) is 42.3 Å². The number of benzene rings is 1. The van der Waals surface area contributed by atoms with Crippen LogP contribution < -0.4 is 10.2 Å². The Bertz CT molecular complexity index is 1310. The number of piperazine rings is 1. The van der Waals surface area contributed by atoms with Gasteiger partial charge in [-0.2, -0.15) is 0 Å². The van der Waals surface area contributed by atoms with Gasteiger partial charge < -0.3 is 19.5 Å². The van der Waals surface area contributed by atoms with E-state index in [0.29, 0.717) is 12.5 Å². The number of aromatic nitrogens is 2. The molecule has 3 heterocycles. The number of hydrogen-bond donors (Lipinski definition) is 1. The maximum atomic E-state index is 5.67. The van der Waals surface area contributed by atoms with E-state index in [4.69, 9.17) is 9.72 Å². The number of hydrogen-bond acceptors (Lipinski definition) is 4. The standard InChI is InChI=1S/C33H46N4O/c1-9-11-24(5)25-12-13-30-27(18-25)29(20-33(6,7)22-38-8)32(37(30)10-2)28-19-26(21-35-31(28)23(3)4)36-16-14-34-15-17-36/h9,11-13,18-19,21,23,34H,5,10,14-17,20,22H2,1-4,6-8H3/b11-9+. The highest BCUT2D eigenvalue weighted by atomic mass is 16.5. The molecule has 0 saturated carbocycles. The van der Waals surface area contributed by atoms with Crippen molar-refractivity contribution in [3.8, 4) is 11.3 Å². The van der Waals surface area contributed by atoms with Gasteiger partial charge in [-0.3, -0.25) is 4.98 Å². The fraction of sp³-hybridized carbons (Fsp3) is 0.485. The fourth-order valence-corrected chi connectivity index (χ4v) is 5.87. The van der Waals surface area contributed by atoms with Crippen molar-refractivity contribution in [3.63, 3.8) is 0 Å². The number of aryl methyl sites for hydroxylation is 1. The molecule has 38 heavy (non-hydrogen) atoms. The van der Waals surface area contributed by atoms with Crippen LogP contribution in [0, 0.1) is 5.41 Å². The molecular weight excluding hydrogens is 468 g/mol. The Morgan fingerprint density at radius 3 is 2.58 bits per heavy atom. The molecule has 5 heteroatoms. The maximum Gasteiger partial charge on any atom is 0.0560 e. The lowest BCUT2D eigenvalue weighted by molar-refractivity contribution is 0.105. The van der Waals surface area contributed by atoms with Gasteiger partial charge in [-0.05, 0) is 66.5 Å². The molecule has 0 atom stereocenters. The average molecular weight is 515 g/mol. The monoisotopic (exact) mass is 514 g/mol. The summed E-state index contributed by atoms with van der Waals surface area (Å²) in [5, 5.41) is 4.78. The molecule has 1 aliphatic heterocycles. The predicted octanol–water partition coefficient (Wildman–Crippen LogP) is 7.06. The highest BCUT2D eigenvalue weighted by Gasteiger charge is 2.28. The zero-order chi connectivity index (χ0) is 27.4. The van der Waals surface area contributed by atoms with E-state index in [2.05, 4.69) is 98.6 Å². The molecule has 1 aliphatic rings. The van der Waals surface area contributed by atoms with Crippen LogP contribution in [-0.4, -0.2) is 49.4 Å². The van der Waals surface area contributed by atoms with Crippen molar-refractivity contribution in [2.24, 2.45) is 5.41 Å². The highest BCUT2D eigenvalue weighted by Crippen LogP contribution is 2.42. The second kappa shape index (κ2) is 11.9. The van der Waals surface area contributed by atoms with Crippen molar-refractivity contribution in [2.75, 3.05) is 44.8 Å². The van der Waals surface area contributed by atoms with Crippen LogP contribution in [0.5, 0.6) is 0 Å². The van der Waals surface area contributed by atoms with E-state index in [-0.39, 0.29) is 5.41 Å². The summed E-state index contributed by atoms with van der Waals surface area (Å²) in [6, 6.07) is 9.24. The second-order valence-electron chi connectivity index (χ2n) is 11.6. The van der Waals surface area contributed by atoms with Gasteiger partial charge >= 0.3 is 0 Å². The van der Waals surface area contributed by atoms with Gasteiger partial charge in [0, 0.05) is 56.3 Å². The lowest BCUT2D eigenvalue weighted by atomic mass is 9.84. The third-order valence-electron chi connectivity index (χ3n) is 7.60. The smallest absolute Gasteiger partial charge is 0.0560 e. The number of nitrogens with zero attached hydrogens (tertiary/aromatic N) is 3. The van der Waals surface area contributed by atoms with E-state index in [1.54, 1.807) is 7.11 Å². The van der Waals surface area contributed by atoms with Gasteiger partial charge in [0.1, 0.15) is 0 Å². The molecule has 0 spiro atoms. The zero-order valence-electron chi connectivity index (χ0n) is 24.5. The lowest BCUT2D eigenvalue weighted by Gasteiger charge is -2.30. The van der Waals surface area contributed by atoms with Gasteiger partial charge in [0.25, 0.3) is 0 Å². The van der Waals surface area contributed by atoms with Crippen LogP contribution >= 0.6 is 0 Å². The number of fused-ring (bicyclic) bond motifs is 1. The normalized spacial score (nSPS) is 14.8. The summed E-state index contributed by atoms with van der Waals surface area (Å²) in [5.74, 6) is 0.315. The summed E-state index contributed by atoms with van der Waals surface area (Å²) in [6.07, 6.45) is 7.14. The number of nitrogens with one attached hydrogen (secondary N) is 1.